The fourth-order valence-corrected chi connectivity index (χ4v) is 7.25. The van der Waals surface area contributed by atoms with Gasteiger partial charge in [0.25, 0.3) is 0 Å². The first-order valence-electron chi connectivity index (χ1n) is 24.3. The smallest absolute Gasteiger partial charge is 0.306 e. The number of hydrogen-bond acceptors (Lipinski definition) is 6. The maximum atomic E-state index is 12.7. The molecule has 0 aromatic heterocycles. The van der Waals surface area contributed by atoms with E-state index in [4.69, 9.17) is 14.2 Å². The van der Waals surface area contributed by atoms with Crippen LogP contribution in [0.2, 0.25) is 0 Å². The summed E-state index contributed by atoms with van der Waals surface area (Å²) in [6.45, 7) is 11.3. The number of unbranched alkanes of at least 4 members (excludes halogenated alkanes) is 27. The van der Waals surface area contributed by atoms with Gasteiger partial charge in [-0.25, -0.2) is 0 Å². The van der Waals surface area contributed by atoms with Gasteiger partial charge in [0.05, 0.1) is 0 Å². The summed E-state index contributed by atoms with van der Waals surface area (Å²) in [4.78, 5) is 37.8. The Bertz CT molecular complexity index is 841. The molecule has 1 unspecified atom stereocenters. The highest BCUT2D eigenvalue weighted by molar-refractivity contribution is 5.71. The molecule has 55 heavy (non-hydrogen) atoms. The lowest BCUT2D eigenvalue weighted by Gasteiger charge is -2.18. The van der Waals surface area contributed by atoms with Gasteiger partial charge in [0.1, 0.15) is 13.2 Å². The van der Waals surface area contributed by atoms with Crippen LogP contribution in [0.4, 0.5) is 0 Å². The van der Waals surface area contributed by atoms with Crippen molar-refractivity contribution < 1.29 is 28.6 Å². The van der Waals surface area contributed by atoms with Crippen molar-refractivity contribution in [1.29, 1.82) is 0 Å². The highest BCUT2D eigenvalue weighted by Crippen LogP contribution is 2.17. The quantitative estimate of drug-likeness (QED) is 0.0348. The number of carbonyl (C=O) groups is 3. The molecular weight excluding hydrogens is 685 g/mol. The van der Waals surface area contributed by atoms with Crippen LogP contribution in [-0.2, 0) is 28.6 Å². The minimum Gasteiger partial charge on any atom is -0.462 e. The zero-order valence-electron chi connectivity index (χ0n) is 37.6. The summed E-state index contributed by atoms with van der Waals surface area (Å²) in [6.07, 6.45) is 40.9. The Morgan fingerprint density at radius 2 is 0.691 bits per heavy atom. The second-order valence-electron chi connectivity index (χ2n) is 17.5. The SMILES string of the molecule is CCCCCCCCCCCCCC(=O)O[C@H](COC(=O)CCCCCCCCCCCCCCCC(C)C)COC(=O)CCCCCCCCC(C)CC. The molecule has 0 fully saturated rings. The first kappa shape index (κ1) is 53.4. The molecule has 0 aliphatic heterocycles. The summed E-state index contributed by atoms with van der Waals surface area (Å²) < 4.78 is 16.7. The second kappa shape index (κ2) is 42.0. The van der Waals surface area contributed by atoms with Gasteiger partial charge in [-0.2, -0.15) is 0 Å². The molecule has 0 bridgehead atoms. The van der Waals surface area contributed by atoms with Crippen LogP contribution in [0.3, 0.4) is 0 Å². The van der Waals surface area contributed by atoms with Crippen molar-refractivity contribution in [3.8, 4) is 0 Å². The van der Waals surface area contributed by atoms with E-state index < -0.39 is 6.10 Å². The fourth-order valence-electron chi connectivity index (χ4n) is 7.25. The second-order valence-corrected chi connectivity index (χ2v) is 17.5. The Morgan fingerprint density at radius 3 is 1.04 bits per heavy atom. The van der Waals surface area contributed by atoms with Gasteiger partial charge in [-0.3, -0.25) is 14.4 Å². The molecule has 0 aromatic rings. The summed E-state index contributed by atoms with van der Waals surface area (Å²) in [5.74, 6) is 0.798. The third-order valence-corrected chi connectivity index (χ3v) is 11.3. The van der Waals surface area contributed by atoms with E-state index in [1.54, 1.807) is 0 Å². The summed E-state index contributed by atoms with van der Waals surface area (Å²) in [5, 5.41) is 0. The molecule has 0 rings (SSSR count). The van der Waals surface area contributed by atoms with E-state index >= 15 is 0 Å². The third kappa shape index (κ3) is 41.9. The molecule has 326 valence electrons. The minimum atomic E-state index is -0.761. The molecule has 0 aliphatic rings. The zero-order chi connectivity index (χ0) is 40.5. The maximum Gasteiger partial charge on any atom is 0.306 e. The number of esters is 3. The van der Waals surface area contributed by atoms with Crippen molar-refractivity contribution in [2.75, 3.05) is 13.2 Å². The molecule has 0 radical (unpaired) electrons. The van der Waals surface area contributed by atoms with Crippen LogP contribution in [0.5, 0.6) is 0 Å². The van der Waals surface area contributed by atoms with E-state index in [2.05, 4.69) is 34.6 Å². The maximum absolute atomic E-state index is 12.7. The first-order chi connectivity index (χ1) is 26.8. The van der Waals surface area contributed by atoms with E-state index in [-0.39, 0.29) is 31.1 Å². The van der Waals surface area contributed by atoms with Crippen LogP contribution in [-0.4, -0.2) is 37.2 Å². The lowest BCUT2D eigenvalue weighted by Crippen LogP contribution is -2.30. The highest BCUT2D eigenvalue weighted by atomic mass is 16.6. The predicted molar refractivity (Wildman–Crippen MR) is 233 cm³/mol. The number of carbonyl (C=O) groups excluding carboxylic acids is 3. The van der Waals surface area contributed by atoms with Crippen molar-refractivity contribution in [3.05, 3.63) is 0 Å². The molecule has 0 N–H and O–H groups in total. The fraction of sp³-hybridized carbons (Fsp3) is 0.939. The molecule has 2 atom stereocenters. The minimum absolute atomic E-state index is 0.0648. The summed E-state index contributed by atoms with van der Waals surface area (Å²) in [7, 11) is 0. The lowest BCUT2D eigenvalue weighted by atomic mass is 10.00. The Hall–Kier alpha value is -1.59. The largest absolute Gasteiger partial charge is 0.462 e. The summed E-state index contributed by atoms with van der Waals surface area (Å²) in [5.41, 5.74) is 0. The Labute approximate surface area is 342 Å². The van der Waals surface area contributed by atoms with E-state index in [1.165, 1.54) is 154 Å². The van der Waals surface area contributed by atoms with Gasteiger partial charge < -0.3 is 14.2 Å². The van der Waals surface area contributed by atoms with E-state index in [0.717, 1.165) is 69.6 Å². The number of ether oxygens (including phenoxy) is 3. The van der Waals surface area contributed by atoms with Gasteiger partial charge in [0.15, 0.2) is 6.10 Å². The molecule has 0 aliphatic carbocycles. The van der Waals surface area contributed by atoms with Crippen LogP contribution < -0.4 is 0 Å². The van der Waals surface area contributed by atoms with Crippen LogP contribution in [0.25, 0.3) is 0 Å². The van der Waals surface area contributed by atoms with Gasteiger partial charge in [-0.15, -0.1) is 0 Å². The molecule has 0 heterocycles. The highest BCUT2D eigenvalue weighted by Gasteiger charge is 2.19. The van der Waals surface area contributed by atoms with Crippen LogP contribution in [0, 0.1) is 11.8 Å². The van der Waals surface area contributed by atoms with Gasteiger partial charge in [-0.1, -0.05) is 227 Å². The van der Waals surface area contributed by atoms with Crippen LogP contribution >= 0.6 is 0 Å². The third-order valence-electron chi connectivity index (χ3n) is 11.3. The molecule has 0 saturated carbocycles. The Morgan fingerprint density at radius 1 is 0.382 bits per heavy atom. The first-order valence-corrected chi connectivity index (χ1v) is 24.3. The van der Waals surface area contributed by atoms with Gasteiger partial charge >= 0.3 is 17.9 Å². The van der Waals surface area contributed by atoms with Crippen molar-refractivity contribution in [2.24, 2.45) is 11.8 Å². The van der Waals surface area contributed by atoms with Gasteiger partial charge in [-0.05, 0) is 31.1 Å². The van der Waals surface area contributed by atoms with E-state index in [9.17, 15) is 14.4 Å². The van der Waals surface area contributed by atoms with Gasteiger partial charge in [0.2, 0.25) is 0 Å². The molecule has 0 amide bonds. The number of rotatable bonds is 43. The lowest BCUT2D eigenvalue weighted by molar-refractivity contribution is -0.167. The van der Waals surface area contributed by atoms with E-state index in [0.29, 0.717) is 19.3 Å². The predicted octanol–water partition coefficient (Wildman–Crippen LogP) is 15.4. The Balaban J connectivity index is 4.29. The van der Waals surface area contributed by atoms with Crippen LogP contribution in [0.15, 0.2) is 0 Å². The van der Waals surface area contributed by atoms with Crippen molar-refractivity contribution in [2.45, 2.75) is 272 Å². The monoisotopic (exact) mass is 779 g/mol. The standard InChI is InChI=1S/C49H94O6/c1-6-8-9-10-11-12-16-21-24-31-36-41-49(52)55-46(43-54-48(51)40-35-30-26-25-28-33-38-45(5)7-2)42-53-47(50)39-34-29-23-20-18-15-13-14-17-19-22-27-32-37-44(3)4/h44-46H,6-43H2,1-5H3/t45?,46-/m1/s1. The van der Waals surface area contributed by atoms with Gasteiger partial charge in [0, 0.05) is 19.3 Å². The normalized spacial score (nSPS) is 12.5. The molecule has 0 aromatic carbocycles. The van der Waals surface area contributed by atoms with Crippen LogP contribution in [0.1, 0.15) is 266 Å². The summed E-state index contributed by atoms with van der Waals surface area (Å²) >= 11 is 0. The summed E-state index contributed by atoms with van der Waals surface area (Å²) in [6, 6.07) is 0. The molecule has 0 spiro atoms. The topological polar surface area (TPSA) is 78.9 Å². The molecular formula is C49H94O6. The Kier molecular flexibility index (Phi) is 40.8. The van der Waals surface area contributed by atoms with Crippen molar-refractivity contribution in [3.63, 3.8) is 0 Å². The zero-order valence-corrected chi connectivity index (χ0v) is 37.6. The van der Waals surface area contributed by atoms with E-state index in [1.807, 2.05) is 0 Å². The average molecular weight is 779 g/mol. The average Bonchev–Trinajstić information content (AvgIpc) is 3.17. The molecule has 0 saturated heterocycles. The van der Waals surface area contributed by atoms with Crippen molar-refractivity contribution >= 4 is 17.9 Å². The number of hydrogen-bond donors (Lipinski definition) is 0. The molecule has 6 heteroatoms. The molecule has 6 nitrogen and oxygen atoms in total. The van der Waals surface area contributed by atoms with Crippen molar-refractivity contribution in [1.82, 2.24) is 0 Å².